The van der Waals surface area contributed by atoms with E-state index in [1.54, 1.807) is 29.0 Å². The molecule has 30 heavy (non-hydrogen) atoms. The lowest BCUT2D eigenvalue weighted by Crippen LogP contribution is -2.18. The number of nitriles is 1. The first kappa shape index (κ1) is 21.8. The smallest absolute Gasteiger partial charge is 0.366 e. The van der Waals surface area contributed by atoms with Crippen molar-refractivity contribution in [3.05, 3.63) is 51.7 Å². The second-order valence-electron chi connectivity index (χ2n) is 5.69. The first-order valence-electron chi connectivity index (χ1n) is 8.07. The molecule has 6 nitrogen and oxygen atoms in total. The van der Waals surface area contributed by atoms with Crippen LogP contribution in [0.25, 0.3) is 10.6 Å². The quantitative estimate of drug-likeness (QED) is 0.514. The summed E-state index contributed by atoms with van der Waals surface area (Å²) in [5.74, 6) is -1.61. The highest BCUT2D eigenvalue weighted by Crippen LogP contribution is 2.38. The number of nitrogens with two attached hydrogens (primary N) is 1. The Morgan fingerprint density at radius 1 is 1.27 bits per heavy atom. The number of anilines is 1. The van der Waals surface area contributed by atoms with E-state index in [2.05, 4.69) is 10.3 Å². The molecule has 0 spiro atoms. The summed E-state index contributed by atoms with van der Waals surface area (Å²) in [7, 11) is 0. The molecule has 0 fully saturated rings. The summed E-state index contributed by atoms with van der Waals surface area (Å²) >= 11 is 2.99. The minimum Gasteiger partial charge on any atom is -0.366 e. The molecule has 0 aliphatic carbocycles. The SMILES string of the molecule is N#Cc1c(C(F)(F)F)cc(-c2cccs2)nc1SCC(=O)Nc1sccc1C(N)=O. The lowest BCUT2D eigenvalue weighted by molar-refractivity contribution is -0.138. The fourth-order valence-electron chi connectivity index (χ4n) is 2.40. The van der Waals surface area contributed by atoms with Crippen LogP contribution in [0.4, 0.5) is 18.2 Å². The molecule has 3 N–H and O–H groups in total. The number of rotatable bonds is 6. The van der Waals surface area contributed by atoms with Gasteiger partial charge in [0.1, 0.15) is 16.1 Å². The number of alkyl halides is 3. The van der Waals surface area contributed by atoms with Crippen molar-refractivity contribution >= 4 is 51.3 Å². The maximum atomic E-state index is 13.5. The minimum atomic E-state index is -4.76. The summed E-state index contributed by atoms with van der Waals surface area (Å²) in [5.41, 5.74) is 3.66. The molecule has 2 amide bonds. The van der Waals surface area contributed by atoms with E-state index in [9.17, 15) is 28.0 Å². The monoisotopic (exact) mass is 468 g/mol. The summed E-state index contributed by atoms with van der Waals surface area (Å²) in [6.07, 6.45) is -4.76. The van der Waals surface area contributed by atoms with Gasteiger partial charge >= 0.3 is 6.18 Å². The lowest BCUT2D eigenvalue weighted by Gasteiger charge is -2.13. The van der Waals surface area contributed by atoms with Crippen molar-refractivity contribution < 1.29 is 22.8 Å². The summed E-state index contributed by atoms with van der Waals surface area (Å²) in [5, 5.41) is 15.1. The van der Waals surface area contributed by atoms with Crippen LogP contribution >= 0.6 is 34.4 Å². The fraction of sp³-hybridized carbons (Fsp3) is 0.111. The summed E-state index contributed by atoms with van der Waals surface area (Å²) in [6, 6.07) is 7.11. The molecule has 0 saturated carbocycles. The summed E-state index contributed by atoms with van der Waals surface area (Å²) in [6.45, 7) is 0. The van der Waals surface area contributed by atoms with Gasteiger partial charge in [-0.05, 0) is 29.0 Å². The van der Waals surface area contributed by atoms with Crippen molar-refractivity contribution in [2.24, 2.45) is 5.73 Å². The van der Waals surface area contributed by atoms with Gasteiger partial charge < -0.3 is 11.1 Å². The van der Waals surface area contributed by atoms with Crippen molar-refractivity contribution in [2.75, 3.05) is 11.1 Å². The molecule has 3 rings (SSSR count). The van der Waals surface area contributed by atoms with E-state index in [4.69, 9.17) is 5.73 Å². The van der Waals surface area contributed by atoms with E-state index in [-0.39, 0.29) is 27.0 Å². The van der Waals surface area contributed by atoms with Crippen LogP contribution in [0.5, 0.6) is 0 Å². The van der Waals surface area contributed by atoms with Crippen molar-refractivity contribution in [1.29, 1.82) is 5.26 Å². The number of thiophene rings is 2. The van der Waals surface area contributed by atoms with Gasteiger partial charge in [-0.3, -0.25) is 9.59 Å². The highest BCUT2D eigenvalue weighted by molar-refractivity contribution is 8.00. The van der Waals surface area contributed by atoms with Gasteiger partial charge in [-0.15, -0.1) is 22.7 Å². The third-order valence-electron chi connectivity index (χ3n) is 3.70. The molecule has 12 heteroatoms. The van der Waals surface area contributed by atoms with Crippen LogP contribution in [0, 0.1) is 11.3 Å². The Morgan fingerprint density at radius 3 is 2.63 bits per heavy atom. The standard InChI is InChI=1S/C18H11F3N4O2S3/c19-18(20,21)11-6-12(13-2-1-4-28-13)24-17(10(11)7-22)30-8-14(26)25-16-9(15(23)27)3-5-29-16/h1-6H,8H2,(H2,23,27)(H,25,26). The van der Waals surface area contributed by atoms with E-state index in [0.717, 1.165) is 17.4 Å². The van der Waals surface area contributed by atoms with E-state index in [0.29, 0.717) is 16.6 Å². The topological polar surface area (TPSA) is 109 Å². The van der Waals surface area contributed by atoms with Gasteiger partial charge in [0.05, 0.1) is 33.0 Å². The second-order valence-corrected chi connectivity index (χ2v) is 8.51. The number of aromatic nitrogens is 1. The molecule has 0 aliphatic rings. The zero-order valence-corrected chi connectivity index (χ0v) is 17.3. The van der Waals surface area contributed by atoms with Gasteiger partial charge in [-0.25, -0.2) is 4.98 Å². The Morgan fingerprint density at radius 2 is 2.03 bits per heavy atom. The van der Waals surface area contributed by atoms with E-state index >= 15 is 0 Å². The number of hydrogen-bond donors (Lipinski definition) is 2. The van der Waals surface area contributed by atoms with Gasteiger partial charge in [-0.2, -0.15) is 18.4 Å². The van der Waals surface area contributed by atoms with E-state index < -0.39 is 29.1 Å². The van der Waals surface area contributed by atoms with E-state index in [1.165, 1.54) is 17.4 Å². The van der Waals surface area contributed by atoms with Crippen LogP contribution in [0.3, 0.4) is 0 Å². The average Bonchev–Trinajstić information content (AvgIpc) is 3.36. The average molecular weight is 469 g/mol. The van der Waals surface area contributed by atoms with Crippen molar-refractivity contribution in [2.45, 2.75) is 11.2 Å². The second kappa shape index (κ2) is 8.86. The predicted molar refractivity (Wildman–Crippen MR) is 109 cm³/mol. The molecule has 0 aliphatic heterocycles. The molecule has 3 heterocycles. The third-order valence-corrected chi connectivity index (χ3v) is 6.40. The highest BCUT2D eigenvalue weighted by Gasteiger charge is 2.36. The lowest BCUT2D eigenvalue weighted by atomic mass is 10.1. The number of carbonyl (C=O) groups is 2. The largest absolute Gasteiger partial charge is 0.417 e. The number of thioether (sulfide) groups is 1. The van der Waals surface area contributed by atoms with Crippen LogP contribution in [0.2, 0.25) is 0 Å². The molecular weight excluding hydrogens is 457 g/mol. The van der Waals surface area contributed by atoms with Crippen molar-refractivity contribution in [3.63, 3.8) is 0 Å². The number of hydrogen-bond acceptors (Lipinski definition) is 7. The third kappa shape index (κ3) is 4.81. The first-order chi connectivity index (χ1) is 14.2. The van der Waals surface area contributed by atoms with Crippen LogP contribution in [-0.4, -0.2) is 22.6 Å². The number of halogens is 3. The zero-order chi connectivity index (χ0) is 21.9. The number of amides is 2. The normalized spacial score (nSPS) is 11.1. The predicted octanol–water partition coefficient (Wildman–Crippen LogP) is 4.59. The summed E-state index contributed by atoms with van der Waals surface area (Å²) in [4.78, 5) is 28.3. The number of nitrogens with zero attached hydrogens (tertiary/aromatic N) is 2. The Kier molecular flexibility index (Phi) is 6.45. The maximum absolute atomic E-state index is 13.5. The van der Waals surface area contributed by atoms with E-state index in [1.807, 2.05) is 0 Å². The number of pyridine rings is 1. The van der Waals surface area contributed by atoms with Gasteiger partial charge in [0, 0.05) is 0 Å². The van der Waals surface area contributed by atoms with Crippen molar-refractivity contribution in [3.8, 4) is 16.6 Å². The Bertz CT molecular complexity index is 1130. The number of primary amides is 1. The number of carbonyl (C=O) groups excluding carboxylic acids is 2. The van der Waals surface area contributed by atoms with Crippen LogP contribution in [-0.2, 0) is 11.0 Å². The molecule has 0 unspecified atom stereocenters. The fourth-order valence-corrected chi connectivity index (χ4v) is 4.70. The Balaban J connectivity index is 1.88. The highest BCUT2D eigenvalue weighted by atomic mass is 32.2. The molecule has 0 aromatic carbocycles. The minimum absolute atomic E-state index is 0.0634. The molecule has 0 bridgehead atoms. The number of nitrogens with one attached hydrogen (secondary N) is 1. The Hall–Kier alpha value is -2.88. The van der Waals surface area contributed by atoms with Crippen LogP contribution in [0.1, 0.15) is 21.5 Å². The van der Waals surface area contributed by atoms with Gasteiger partial charge in [0.2, 0.25) is 5.91 Å². The van der Waals surface area contributed by atoms with Crippen LogP contribution < -0.4 is 11.1 Å². The first-order valence-corrected chi connectivity index (χ1v) is 10.8. The molecule has 3 aromatic heterocycles. The molecule has 3 aromatic rings. The van der Waals surface area contributed by atoms with Crippen molar-refractivity contribution in [1.82, 2.24) is 4.98 Å². The van der Waals surface area contributed by atoms with Gasteiger partial charge in [-0.1, -0.05) is 17.8 Å². The molecule has 0 radical (unpaired) electrons. The van der Waals surface area contributed by atoms with Gasteiger partial charge in [0.25, 0.3) is 5.91 Å². The summed E-state index contributed by atoms with van der Waals surface area (Å²) < 4.78 is 40.5. The molecule has 0 atom stereocenters. The zero-order valence-electron chi connectivity index (χ0n) is 14.8. The Labute approximate surface area is 180 Å². The molecule has 154 valence electrons. The molecule has 0 saturated heterocycles. The van der Waals surface area contributed by atoms with Gasteiger partial charge in [0.15, 0.2) is 0 Å². The maximum Gasteiger partial charge on any atom is 0.417 e. The molecular formula is C18H11F3N4O2S3. The van der Waals surface area contributed by atoms with Crippen LogP contribution in [0.15, 0.2) is 40.1 Å².